The fourth-order valence-corrected chi connectivity index (χ4v) is 2.65. The number of anilines is 2. The van der Waals surface area contributed by atoms with Gasteiger partial charge in [0, 0.05) is 23.8 Å². The third-order valence-electron chi connectivity index (χ3n) is 3.43. The van der Waals surface area contributed by atoms with Crippen molar-refractivity contribution in [1.82, 2.24) is 9.88 Å². The van der Waals surface area contributed by atoms with E-state index in [4.69, 9.17) is 5.73 Å². The first-order chi connectivity index (χ1) is 8.08. The second kappa shape index (κ2) is 5.23. The lowest BCUT2D eigenvalue weighted by molar-refractivity contribution is 0.252. The van der Waals surface area contributed by atoms with Crippen LogP contribution in [0.15, 0.2) is 16.7 Å². The molecule has 1 fully saturated rings. The quantitative estimate of drug-likeness (QED) is 0.907. The Hall–Kier alpha value is -0.810. The molecule has 0 aliphatic carbocycles. The van der Waals surface area contributed by atoms with E-state index >= 15 is 0 Å². The van der Waals surface area contributed by atoms with Crippen LogP contribution in [0.4, 0.5) is 11.5 Å². The largest absolute Gasteiger partial charge is 0.396 e. The van der Waals surface area contributed by atoms with Crippen LogP contribution >= 0.6 is 15.9 Å². The summed E-state index contributed by atoms with van der Waals surface area (Å²) in [6.07, 6.45) is 4.14. The Morgan fingerprint density at radius 3 is 2.71 bits per heavy atom. The molecule has 0 aromatic carbocycles. The summed E-state index contributed by atoms with van der Waals surface area (Å²) < 4.78 is 0.926. The number of hydrogen-bond acceptors (Lipinski definition) is 4. The summed E-state index contributed by atoms with van der Waals surface area (Å²) >= 11 is 3.38. The first-order valence-electron chi connectivity index (χ1n) is 5.90. The van der Waals surface area contributed by atoms with Crippen molar-refractivity contribution in [1.29, 1.82) is 0 Å². The van der Waals surface area contributed by atoms with Gasteiger partial charge in [-0.3, -0.25) is 0 Å². The molecule has 0 saturated carbocycles. The molecule has 2 N–H and O–H groups in total. The predicted molar refractivity (Wildman–Crippen MR) is 75.3 cm³/mol. The molecule has 4 nitrogen and oxygen atoms in total. The molecule has 2 rings (SSSR count). The molecule has 1 aliphatic heterocycles. The van der Waals surface area contributed by atoms with Crippen molar-refractivity contribution in [2.45, 2.75) is 18.9 Å². The normalized spacial score (nSPS) is 18.3. The number of rotatable bonds is 2. The van der Waals surface area contributed by atoms with Gasteiger partial charge in [-0.25, -0.2) is 4.98 Å². The van der Waals surface area contributed by atoms with E-state index < -0.39 is 0 Å². The van der Waals surface area contributed by atoms with Crippen molar-refractivity contribution in [3.05, 3.63) is 16.7 Å². The van der Waals surface area contributed by atoms with Crippen molar-refractivity contribution >= 4 is 27.4 Å². The zero-order chi connectivity index (χ0) is 12.4. The van der Waals surface area contributed by atoms with E-state index in [0.29, 0.717) is 6.04 Å². The van der Waals surface area contributed by atoms with Crippen LogP contribution < -0.4 is 10.6 Å². The maximum absolute atomic E-state index is 6.01. The van der Waals surface area contributed by atoms with Gasteiger partial charge in [0.2, 0.25) is 0 Å². The smallest absolute Gasteiger partial charge is 0.151 e. The monoisotopic (exact) mass is 298 g/mol. The Morgan fingerprint density at radius 2 is 2.12 bits per heavy atom. The minimum absolute atomic E-state index is 0.544. The summed E-state index contributed by atoms with van der Waals surface area (Å²) in [5.74, 6) is 0.891. The van der Waals surface area contributed by atoms with Crippen LogP contribution in [0.1, 0.15) is 12.8 Å². The number of nitrogens with two attached hydrogens (primary N) is 1. The molecule has 0 atom stereocenters. The zero-order valence-corrected chi connectivity index (χ0v) is 11.9. The third kappa shape index (κ3) is 2.90. The first kappa shape index (κ1) is 12.6. The van der Waals surface area contributed by atoms with Gasteiger partial charge >= 0.3 is 0 Å². The number of nitrogens with zero attached hydrogens (tertiary/aromatic N) is 3. The van der Waals surface area contributed by atoms with Gasteiger partial charge in [-0.05, 0) is 55.0 Å². The molecule has 1 saturated heterocycles. The van der Waals surface area contributed by atoms with Gasteiger partial charge in [0.25, 0.3) is 0 Å². The van der Waals surface area contributed by atoms with Crippen LogP contribution in [0.3, 0.4) is 0 Å². The second-order valence-electron chi connectivity index (χ2n) is 4.71. The molecule has 94 valence electrons. The molecule has 17 heavy (non-hydrogen) atoms. The molecule has 1 aliphatic rings. The molecule has 1 aromatic heterocycles. The van der Waals surface area contributed by atoms with Crippen LogP contribution in [0.25, 0.3) is 0 Å². The average molecular weight is 299 g/mol. The van der Waals surface area contributed by atoms with Crippen molar-refractivity contribution in [2.24, 2.45) is 0 Å². The van der Waals surface area contributed by atoms with Crippen LogP contribution in [-0.4, -0.2) is 43.1 Å². The maximum atomic E-state index is 6.01. The molecule has 2 heterocycles. The van der Waals surface area contributed by atoms with E-state index in [1.165, 1.54) is 12.8 Å². The lowest BCUT2D eigenvalue weighted by Crippen LogP contribution is -2.42. The van der Waals surface area contributed by atoms with Crippen LogP contribution in [0.2, 0.25) is 0 Å². The molecular formula is C12H19BrN4. The molecule has 0 unspecified atom stereocenters. The molecular weight excluding hydrogens is 280 g/mol. The molecule has 5 heteroatoms. The van der Waals surface area contributed by atoms with E-state index in [-0.39, 0.29) is 0 Å². The van der Waals surface area contributed by atoms with Crippen molar-refractivity contribution in [3.8, 4) is 0 Å². The number of aromatic nitrogens is 1. The fourth-order valence-electron chi connectivity index (χ4n) is 2.30. The van der Waals surface area contributed by atoms with Crippen LogP contribution in [0.5, 0.6) is 0 Å². The molecule has 0 bridgehead atoms. The summed E-state index contributed by atoms with van der Waals surface area (Å²) in [7, 11) is 4.26. The van der Waals surface area contributed by atoms with Gasteiger partial charge in [-0.2, -0.15) is 0 Å². The van der Waals surface area contributed by atoms with E-state index in [0.717, 1.165) is 29.1 Å². The van der Waals surface area contributed by atoms with Gasteiger partial charge in [0.15, 0.2) is 5.82 Å². The lowest BCUT2D eigenvalue weighted by Gasteiger charge is -2.36. The number of piperidine rings is 1. The zero-order valence-electron chi connectivity index (χ0n) is 10.4. The van der Waals surface area contributed by atoms with E-state index in [1.807, 2.05) is 6.07 Å². The highest BCUT2D eigenvalue weighted by atomic mass is 79.9. The summed E-state index contributed by atoms with van der Waals surface area (Å²) in [6.45, 7) is 2.29. The molecule has 0 amide bonds. The highest BCUT2D eigenvalue weighted by Crippen LogP contribution is 2.26. The summed E-state index contributed by atoms with van der Waals surface area (Å²) in [4.78, 5) is 8.99. The topological polar surface area (TPSA) is 45.4 Å². The summed E-state index contributed by atoms with van der Waals surface area (Å²) in [5, 5.41) is 0. The number of likely N-dealkylation sites (tertiary alicyclic amines) is 1. The van der Waals surface area contributed by atoms with Gasteiger partial charge in [0.05, 0.1) is 5.69 Å². The highest BCUT2D eigenvalue weighted by molar-refractivity contribution is 9.10. The summed E-state index contributed by atoms with van der Waals surface area (Å²) in [5.41, 5.74) is 6.75. The fraction of sp³-hybridized carbons (Fsp3) is 0.583. The van der Waals surface area contributed by atoms with E-state index in [9.17, 15) is 0 Å². The molecule has 1 aromatic rings. The number of pyridine rings is 1. The number of halogens is 1. The lowest BCUT2D eigenvalue weighted by atomic mass is 10.0. The summed E-state index contributed by atoms with van der Waals surface area (Å²) in [6, 6.07) is 2.45. The Labute approximate surface area is 111 Å². The number of nitrogen functional groups attached to an aromatic ring is 1. The van der Waals surface area contributed by atoms with Crippen molar-refractivity contribution in [3.63, 3.8) is 0 Å². The Bertz CT molecular complexity index is 388. The van der Waals surface area contributed by atoms with E-state index in [1.54, 1.807) is 6.20 Å². The second-order valence-corrected chi connectivity index (χ2v) is 5.63. The Kier molecular flexibility index (Phi) is 3.89. The van der Waals surface area contributed by atoms with E-state index in [2.05, 4.69) is 44.8 Å². The van der Waals surface area contributed by atoms with Crippen LogP contribution in [0, 0.1) is 0 Å². The number of hydrogen-bond donors (Lipinski definition) is 1. The average Bonchev–Trinajstić information content (AvgIpc) is 2.29. The third-order valence-corrected chi connectivity index (χ3v) is 3.87. The van der Waals surface area contributed by atoms with Gasteiger partial charge in [-0.15, -0.1) is 0 Å². The standard InChI is InChI=1S/C12H19BrN4/c1-16-5-3-10(4-6-16)17(2)12-11(14)7-9(13)8-15-12/h7-8,10H,3-6,14H2,1-2H3. The SMILES string of the molecule is CN1CCC(N(C)c2ncc(Br)cc2N)CC1. The molecule has 0 radical (unpaired) electrons. The van der Waals surface area contributed by atoms with Crippen molar-refractivity contribution in [2.75, 3.05) is 37.8 Å². The van der Waals surface area contributed by atoms with Gasteiger partial charge in [0.1, 0.15) is 0 Å². The first-order valence-corrected chi connectivity index (χ1v) is 6.69. The highest BCUT2D eigenvalue weighted by Gasteiger charge is 2.22. The minimum Gasteiger partial charge on any atom is -0.396 e. The molecule has 0 spiro atoms. The Morgan fingerprint density at radius 1 is 1.47 bits per heavy atom. The Balaban J connectivity index is 2.11. The van der Waals surface area contributed by atoms with Gasteiger partial charge in [-0.1, -0.05) is 0 Å². The van der Waals surface area contributed by atoms with Crippen molar-refractivity contribution < 1.29 is 0 Å². The maximum Gasteiger partial charge on any atom is 0.151 e. The van der Waals surface area contributed by atoms with Gasteiger partial charge < -0.3 is 15.5 Å². The predicted octanol–water partition coefficient (Wildman–Crippen LogP) is 1.96. The minimum atomic E-state index is 0.544. The van der Waals surface area contributed by atoms with Crippen LogP contribution in [-0.2, 0) is 0 Å².